The van der Waals surface area contributed by atoms with Crippen LogP contribution in [0, 0.1) is 5.92 Å². The van der Waals surface area contributed by atoms with Crippen LogP contribution in [0.4, 0.5) is 74.6 Å². The van der Waals surface area contributed by atoms with Crippen molar-refractivity contribution in [3.05, 3.63) is 0 Å². The van der Waals surface area contributed by atoms with Crippen LogP contribution in [0.5, 0.6) is 0 Å². The Hall–Kier alpha value is -1.30. The monoisotopic (exact) mass is 714 g/mol. The Bertz CT molecular complexity index is 1140. The molecule has 1 heterocycles. The molecule has 0 N–H and O–H groups in total. The number of carbonyl (C=O) groups is 1. The number of Topliss-reactive ketones (excluding diaryl/α,β-unsaturated/α-hetero) is 1. The molecule has 2 aliphatic rings. The predicted molar refractivity (Wildman–Crippen MR) is 111 cm³/mol. The second kappa shape index (κ2) is 11.2. The van der Waals surface area contributed by atoms with Crippen LogP contribution in [0.15, 0.2) is 0 Å². The van der Waals surface area contributed by atoms with Crippen LogP contribution in [-0.2, 0) is 23.3 Å². The van der Waals surface area contributed by atoms with Gasteiger partial charge in [-0.25, -0.2) is 3.63 Å². The summed E-state index contributed by atoms with van der Waals surface area (Å²) in [7, 11) is -11.7. The second-order valence-electron chi connectivity index (χ2n) is 9.56. The van der Waals surface area contributed by atoms with Crippen LogP contribution in [-0.4, -0.2) is 91.6 Å². The summed E-state index contributed by atoms with van der Waals surface area (Å²) in [4.78, 5) is 12.6. The molecule has 0 aromatic carbocycles. The standard InChI is InChI=1S/C19H19F17O5S2/c20-12(21,14(24,25)16(28,29)18(32,33)34)13(22,23)15(26,27)17(30,31)19(35,36)43(38,39)41-42(7-5-40-6-8-42)9-11(37)10-3-1-2-4-10/h10H,1-9H2. The van der Waals surface area contributed by atoms with E-state index in [2.05, 4.69) is 3.63 Å². The normalized spacial score (nSPS) is 21.6. The maximum atomic E-state index is 14.5. The Morgan fingerprint density at radius 2 is 1.02 bits per heavy atom. The lowest BCUT2D eigenvalue weighted by molar-refractivity contribution is -0.458. The van der Waals surface area contributed by atoms with E-state index in [0.717, 1.165) is 0 Å². The van der Waals surface area contributed by atoms with Crippen molar-refractivity contribution in [1.82, 2.24) is 0 Å². The number of hydrogen-bond donors (Lipinski definition) is 0. The van der Waals surface area contributed by atoms with Crippen molar-refractivity contribution in [2.45, 2.75) is 72.6 Å². The van der Waals surface area contributed by atoms with Gasteiger partial charge in [-0.2, -0.15) is 83.1 Å². The zero-order valence-corrected chi connectivity index (χ0v) is 22.4. The number of hydrogen-bond acceptors (Lipinski definition) is 5. The third-order valence-corrected chi connectivity index (χ3v) is 12.0. The molecule has 1 aliphatic carbocycles. The minimum absolute atomic E-state index is 0.208. The van der Waals surface area contributed by atoms with Gasteiger partial charge in [0, 0.05) is 17.4 Å². The van der Waals surface area contributed by atoms with Gasteiger partial charge in [0.25, 0.3) is 0 Å². The third-order valence-electron chi connectivity index (χ3n) is 6.66. The van der Waals surface area contributed by atoms with E-state index in [0.29, 0.717) is 12.8 Å². The highest BCUT2D eigenvalue weighted by molar-refractivity contribution is 8.33. The first kappa shape index (κ1) is 37.9. The minimum Gasteiger partial charge on any atom is -0.380 e. The van der Waals surface area contributed by atoms with Crippen molar-refractivity contribution < 1.29 is 96.2 Å². The average molecular weight is 714 g/mol. The Balaban J connectivity index is 2.56. The first-order valence-corrected chi connectivity index (χ1v) is 14.9. The fourth-order valence-corrected chi connectivity index (χ4v) is 9.16. The SMILES string of the molecule is O=C(CS1(OS(=O)(=O)C(F)(F)C(F)(F)C(F)(F)C(F)(F)C(F)(F)C(F)(F)C(F)(F)C(F)(F)F)CCOCC1)C1CCCC1. The Labute approximate surface area is 232 Å². The molecule has 0 unspecified atom stereocenters. The highest BCUT2D eigenvalue weighted by Gasteiger charge is 2.96. The maximum Gasteiger partial charge on any atom is 0.460 e. The van der Waals surface area contributed by atoms with E-state index < -0.39 is 110 Å². The molecule has 0 aromatic rings. The lowest BCUT2D eigenvalue weighted by atomic mass is 9.91. The van der Waals surface area contributed by atoms with E-state index in [9.17, 15) is 87.8 Å². The number of halogens is 17. The number of ketones is 1. The molecule has 0 radical (unpaired) electrons. The molecular weight excluding hydrogens is 695 g/mol. The molecule has 2 rings (SSSR count). The lowest BCUT2D eigenvalue weighted by Crippen LogP contribution is -2.75. The fourth-order valence-electron chi connectivity index (χ4n) is 4.03. The molecule has 43 heavy (non-hydrogen) atoms. The molecule has 0 amide bonds. The van der Waals surface area contributed by atoms with Gasteiger partial charge < -0.3 is 4.74 Å². The highest BCUT2D eigenvalue weighted by Crippen LogP contribution is 2.65. The van der Waals surface area contributed by atoms with Gasteiger partial charge in [-0.1, -0.05) is 12.8 Å². The number of carbonyl (C=O) groups excluding carboxylic acids is 1. The van der Waals surface area contributed by atoms with Gasteiger partial charge >= 0.3 is 57.1 Å². The molecule has 0 aromatic heterocycles. The molecule has 0 spiro atoms. The summed E-state index contributed by atoms with van der Waals surface area (Å²) in [6, 6.07) is 0. The summed E-state index contributed by atoms with van der Waals surface area (Å²) in [5.74, 6) is -56.5. The average Bonchev–Trinajstić information content (AvgIpc) is 3.38. The predicted octanol–water partition coefficient (Wildman–Crippen LogP) is 6.81. The summed E-state index contributed by atoms with van der Waals surface area (Å²) < 4.78 is 263. The Morgan fingerprint density at radius 1 is 0.651 bits per heavy atom. The first-order chi connectivity index (χ1) is 18.9. The number of rotatable bonds is 12. The summed E-state index contributed by atoms with van der Waals surface area (Å²) >= 11 is 0. The largest absolute Gasteiger partial charge is 0.460 e. The molecule has 1 saturated carbocycles. The first-order valence-electron chi connectivity index (χ1n) is 11.4. The summed E-state index contributed by atoms with van der Waals surface area (Å²) in [6.07, 6.45) is -6.54. The van der Waals surface area contributed by atoms with Crippen molar-refractivity contribution in [3.63, 3.8) is 0 Å². The van der Waals surface area contributed by atoms with Gasteiger partial charge in [0.05, 0.1) is 19.0 Å². The number of alkyl halides is 17. The topological polar surface area (TPSA) is 69.7 Å². The van der Waals surface area contributed by atoms with E-state index in [1.807, 2.05) is 0 Å². The second-order valence-corrected chi connectivity index (χ2v) is 14.6. The Morgan fingerprint density at radius 3 is 1.42 bits per heavy atom. The molecule has 24 heteroatoms. The molecule has 0 bridgehead atoms. The summed E-state index contributed by atoms with van der Waals surface area (Å²) in [6.45, 7) is -1.21. The van der Waals surface area contributed by atoms with Crippen molar-refractivity contribution in [2.75, 3.05) is 30.5 Å². The fraction of sp³-hybridized carbons (Fsp3) is 0.947. The maximum absolute atomic E-state index is 14.5. The zero-order valence-electron chi connectivity index (χ0n) is 20.7. The van der Waals surface area contributed by atoms with E-state index in [-0.39, 0.29) is 12.8 Å². The van der Waals surface area contributed by atoms with Crippen molar-refractivity contribution in [3.8, 4) is 0 Å². The molecular formula is C19H19F17O5S2. The van der Waals surface area contributed by atoms with Crippen molar-refractivity contribution in [1.29, 1.82) is 0 Å². The third kappa shape index (κ3) is 5.78. The van der Waals surface area contributed by atoms with Crippen LogP contribution in [0.25, 0.3) is 0 Å². The quantitative estimate of drug-likeness (QED) is 0.208. The summed E-state index contributed by atoms with van der Waals surface area (Å²) in [5.41, 5.74) is 0. The van der Waals surface area contributed by atoms with Gasteiger partial charge in [-0.15, -0.1) is 10.3 Å². The van der Waals surface area contributed by atoms with Crippen LogP contribution in [0.2, 0.25) is 0 Å². The minimum atomic E-state index is -8.93. The van der Waals surface area contributed by atoms with E-state index >= 15 is 0 Å². The Kier molecular flexibility index (Phi) is 9.86. The molecule has 5 nitrogen and oxygen atoms in total. The lowest BCUT2D eigenvalue weighted by Gasteiger charge is -2.44. The van der Waals surface area contributed by atoms with Gasteiger partial charge in [0.15, 0.2) is 0 Å². The van der Waals surface area contributed by atoms with Crippen molar-refractivity contribution >= 4 is 26.2 Å². The van der Waals surface area contributed by atoms with E-state index in [4.69, 9.17) is 4.74 Å². The van der Waals surface area contributed by atoms with Crippen LogP contribution in [0.1, 0.15) is 25.7 Å². The van der Waals surface area contributed by atoms with Crippen LogP contribution >= 0.6 is 10.3 Å². The summed E-state index contributed by atoms with van der Waals surface area (Å²) in [5, 5.41) is -7.78. The van der Waals surface area contributed by atoms with Gasteiger partial charge in [0.1, 0.15) is 5.78 Å². The highest BCUT2D eigenvalue weighted by atomic mass is 32.3. The van der Waals surface area contributed by atoms with Gasteiger partial charge in [-0.3, -0.25) is 4.79 Å². The van der Waals surface area contributed by atoms with Crippen molar-refractivity contribution in [2.24, 2.45) is 5.92 Å². The molecule has 256 valence electrons. The van der Waals surface area contributed by atoms with E-state index in [1.54, 1.807) is 0 Å². The molecule has 1 aliphatic heterocycles. The molecule has 1 saturated heterocycles. The van der Waals surface area contributed by atoms with Crippen LogP contribution in [0.3, 0.4) is 0 Å². The zero-order chi connectivity index (χ0) is 33.9. The molecule has 2 fully saturated rings. The number of ether oxygens (including phenoxy) is 1. The van der Waals surface area contributed by atoms with Crippen LogP contribution < -0.4 is 0 Å². The van der Waals surface area contributed by atoms with Gasteiger partial charge in [-0.05, 0) is 12.8 Å². The smallest absolute Gasteiger partial charge is 0.380 e. The van der Waals surface area contributed by atoms with E-state index in [1.165, 1.54) is 0 Å². The van der Waals surface area contributed by atoms with Gasteiger partial charge in [0.2, 0.25) is 0 Å². The molecule has 0 atom stereocenters.